The maximum Gasteiger partial charge on any atom is 0.260 e. The molecule has 0 saturated heterocycles. The van der Waals surface area contributed by atoms with E-state index in [4.69, 9.17) is 11.6 Å². The van der Waals surface area contributed by atoms with Crippen molar-refractivity contribution in [1.29, 1.82) is 0 Å². The smallest absolute Gasteiger partial charge is 0.260 e. The fraction of sp³-hybridized carbons (Fsp3) is 0.200. The number of aryl methyl sites for hydroxylation is 1. The first-order chi connectivity index (χ1) is 9.52. The Labute approximate surface area is 131 Å². The lowest BCUT2D eigenvalue weighted by molar-refractivity contribution is 0.0992. The van der Waals surface area contributed by atoms with Crippen LogP contribution >= 0.6 is 27.5 Å². The molecule has 0 fully saturated rings. The summed E-state index contributed by atoms with van der Waals surface area (Å²) in [5.74, 6) is 0.422. The molecule has 0 saturated carbocycles. The van der Waals surface area contributed by atoms with E-state index < -0.39 is 0 Å². The average molecular weight is 354 g/mol. The molecule has 0 bridgehead atoms. The van der Waals surface area contributed by atoms with Gasteiger partial charge in [-0.25, -0.2) is 4.98 Å². The number of hydrogen-bond acceptors (Lipinski definition) is 2. The zero-order valence-corrected chi connectivity index (χ0v) is 13.6. The Morgan fingerprint density at radius 1 is 1.35 bits per heavy atom. The molecular formula is C15H14BrClN2O. The van der Waals surface area contributed by atoms with Crippen molar-refractivity contribution in [3.63, 3.8) is 0 Å². The highest BCUT2D eigenvalue weighted by Crippen LogP contribution is 2.23. The number of anilines is 1. The van der Waals surface area contributed by atoms with Crippen LogP contribution in [0.25, 0.3) is 0 Å². The predicted octanol–water partition coefficient (Wildman–Crippen LogP) is 4.34. The van der Waals surface area contributed by atoms with Gasteiger partial charge in [0.15, 0.2) is 0 Å². The average Bonchev–Trinajstić information content (AvgIpc) is 2.46. The van der Waals surface area contributed by atoms with E-state index in [1.54, 1.807) is 31.4 Å². The van der Waals surface area contributed by atoms with Crippen LogP contribution in [0.15, 0.2) is 41.0 Å². The molecule has 0 aliphatic heterocycles. The van der Waals surface area contributed by atoms with Crippen LogP contribution in [0.3, 0.4) is 0 Å². The SMILES string of the molecule is CCc1ccc(N(C)C(=O)c2ccc(Br)cc2Cl)nc1. The maximum absolute atomic E-state index is 12.4. The Balaban J connectivity index is 2.27. The zero-order valence-electron chi connectivity index (χ0n) is 11.2. The maximum atomic E-state index is 12.4. The molecule has 2 aromatic rings. The number of rotatable bonds is 3. The number of halogens is 2. The minimum Gasteiger partial charge on any atom is -0.296 e. The van der Waals surface area contributed by atoms with E-state index in [2.05, 4.69) is 27.8 Å². The van der Waals surface area contributed by atoms with Gasteiger partial charge < -0.3 is 0 Å². The summed E-state index contributed by atoms with van der Waals surface area (Å²) < 4.78 is 0.840. The number of pyridine rings is 1. The van der Waals surface area contributed by atoms with E-state index >= 15 is 0 Å². The summed E-state index contributed by atoms with van der Waals surface area (Å²) in [7, 11) is 1.69. The van der Waals surface area contributed by atoms with Crippen LogP contribution in [-0.4, -0.2) is 17.9 Å². The van der Waals surface area contributed by atoms with Gasteiger partial charge >= 0.3 is 0 Å². The standard InChI is InChI=1S/C15H14BrClN2O/c1-3-10-4-7-14(18-9-10)19(2)15(20)12-6-5-11(16)8-13(12)17/h4-9H,3H2,1-2H3. The van der Waals surface area contributed by atoms with Crippen molar-refractivity contribution >= 4 is 39.3 Å². The third-order valence-electron chi connectivity index (χ3n) is 3.03. The van der Waals surface area contributed by atoms with Gasteiger partial charge in [-0.3, -0.25) is 9.69 Å². The molecule has 3 nitrogen and oxygen atoms in total. The van der Waals surface area contributed by atoms with E-state index in [9.17, 15) is 4.79 Å². The molecule has 0 N–H and O–H groups in total. The summed E-state index contributed by atoms with van der Waals surface area (Å²) in [6, 6.07) is 9.00. The van der Waals surface area contributed by atoms with Crippen LogP contribution in [0, 0.1) is 0 Å². The second-order valence-corrected chi connectivity index (χ2v) is 5.69. The highest BCUT2D eigenvalue weighted by molar-refractivity contribution is 9.10. The van der Waals surface area contributed by atoms with Crippen LogP contribution < -0.4 is 4.90 Å². The molecule has 0 aliphatic rings. The number of nitrogens with zero attached hydrogens (tertiary/aromatic N) is 2. The van der Waals surface area contributed by atoms with Gasteiger partial charge in [-0.05, 0) is 36.2 Å². The van der Waals surface area contributed by atoms with Crippen LogP contribution in [0.4, 0.5) is 5.82 Å². The van der Waals surface area contributed by atoms with Crippen molar-refractivity contribution in [3.05, 3.63) is 57.2 Å². The minimum absolute atomic E-state index is 0.181. The Kier molecular flexibility index (Phi) is 4.78. The zero-order chi connectivity index (χ0) is 14.7. The van der Waals surface area contributed by atoms with E-state index in [-0.39, 0.29) is 5.91 Å². The molecule has 1 heterocycles. The van der Waals surface area contributed by atoms with Gasteiger partial charge in [0.2, 0.25) is 0 Å². The lowest BCUT2D eigenvalue weighted by atomic mass is 10.2. The highest BCUT2D eigenvalue weighted by atomic mass is 79.9. The van der Waals surface area contributed by atoms with Gasteiger partial charge in [0, 0.05) is 17.7 Å². The molecule has 0 unspecified atom stereocenters. The number of amides is 1. The number of carbonyl (C=O) groups excluding carboxylic acids is 1. The molecule has 1 aromatic carbocycles. The second kappa shape index (κ2) is 6.37. The van der Waals surface area contributed by atoms with Gasteiger partial charge in [-0.1, -0.05) is 40.5 Å². The molecule has 1 aromatic heterocycles. The summed E-state index contributed by atoms with van der Waals surface area (Å²) in [4.78, 5) is 18.2. The Hall–Kier alpha value is -1.39. The molecule has 5 heteroatoms. The fourth-order valence-electron chi connectivity index (χ4n) is 1.77. The van der Waals surface area contributed by atoms with E-state index in [0.29, 0.717) is 16.4 Å². The Bertz CT molecular complexity index is 628. The number of aromatic nitrogens is 1. The molecular weight excluding hydrogens is 340 g/mol. The van der Waals surface area contributed by atoms with Gasteiger partial charge in [0.1, 0.15) is 5.82 Å². The summed E-state index contributed by atoms with van der Waals surface area (Å²) >= 11 is 9.43. The number of benzene rings is 1. The second-order valence-electron chi connectivity index (χ2n) is 4.37. The van der Waals surface area contributed by atoms with Crippen LogP contribution in [0.5, 0.6) is 0 Å². The third-order valence-corrected chi connectivity index (χ3v) is 3.83. The highest BCUT2D eigenvalue weighted by Gasteiger charge is 2.17. The molecule has 1 amide bonds. The topological polar surface area (TPSA) is 33.2 Å². The van der Waals surface area contributed by atoms with E-state index in [1.165, 1.54) is 4.90 Å². The third kappa shape index (κ3) is 3.19. The van der Waals surface area contributed by atoms with Crippen LogP contribution in [-0.2, 0) is 6.42 Å². The molecule has 104 valence electrons. The first-order valence-electron chi connectivity index (χ1n) is 6.21. The lowest BCUT2D eigenvalue weighted by Crippen LogP contribution is -2.27. The first-order valence-corrected chi connectivity index (χ1v) is 7.38. The van der Waals surface area contributed by atoms with Crippen molar-refractivity contribution < 1.29 is 4.79 Å². The summed E-state index contributed by atoms with van der Waals surface area (Å²) in [6.45, 7) is 2.06. The minimum atomic E-state index is -0.181. The number of carbonyl (C=O) groups is 1. The van der Waals surface area contributed by atoms with Gasteiger partial charge in [-0.2, -0.15) is 0 Å². The predicted molar refractivity (Wildman–Crippen MR) is 85.5 cm³/mol. The molecule has 2 rings (SSSR count). The summed E-state index contributed by atoms with van der Waals surface area (Å²) in [5.41, 5.74) is 1.59. The van der Waals surface area contributed by atoms with Crippen LogP contribution in [0.2, 0.25) is 5.02 Å². The summed E-state index contributed by atoms with van der Waals surface area (Å²) in [6.07, 6.45) is 2.70. The van der Waals surface area contributed by atoms with E-state index in [1.807, 2.05) is 12.1 Å². The van der Waals surface area contributed by atoms with Crippen molar-refractivity contribution in [2.24, 2.45) is 0 Å². The molecule has 0 aliphatic carbocycles. The quantitative estimate of drug-likeness (QED) is 0.822. The van der Waals surface area contributed by atoms with Crippen molar-refractivity contribution in [2.45, 2.75) is 13.3 Å². The Morgan fingerprint density at radius 3 is 2.65 bits per heavy atom. The van der Waals surface area contributed by atoms with Gasteiger partial charge in [0.25, 0.3) is 5.91 Å². The largest absolute Gasteiger partial charge is 0.296 e. The van der Waals surface area contributed by atoms with Gasteiger partial charge in [-0.15, -0.1) is 0 Å². The lowest BCUT2D eigenvalue weighted by Gasteiger charge is -2.17. The summed E-state index contributed by atoms with van der Waals surface area (Å²) in [5, 5.41) is 0.418. The van der Waals surface area contributed by atoms with E-state index in [0.717, 1.165) is 16.5 Å². The van der Waals surface area contributed by atoms with Gasteiger partial charge in [0.05, 0.1) is 10.6 Å². The monoisotopic (exact) mass is 352 g/mol. The van der Waals surface area contributed by atoms with Crippen LogP contribution in [0.1, 0.15) is 22.8 Å². The molecule has 0 spiro atoms. The molecule has 0 atom stereocenters. The molecule has 0 radical (unpaired) electrons. The van der Waals surface area contributed by atoms with Crippen molar-refractivity contribution in [3.8, 4) is 0 Å². The van der Waals surface area contributed by atoms with Crippen molar-refractivity contribution in [2.75, 3.05) is 11.9 Å². The first kappa shape index (κ1) is 15.0. The fourth-order valence-corrected chi connectivity index (χ4v) is 2.53. The Morgan fingerprint density at radius 2 is 2.10 bits per heavy atom. The van der Waals surface area contributed by atoms with Crippen molar-refractivity contribution in [1.82, 2.24) is 4.98 Å². The number of hydrogen-bond donors (Lipinski definition) is 0. The molecule has 20 heavy (non-hydrogen) atoms. The normalized spacial score (nSPS) is 10.4.